The van der Waals surface area contributed by atoms with Crippen molar-refractivity contribution in [1.82, 2.24) is 0 Å². The minimum absolute atomic E-state index is 1.10. The summed E-state index contributed by atoms with van der Waals surface area (Å²) in [6, 6.07) is 0. The third kappa shape index (κ3) is 3.70. The zero-order chi connectivity index (χ0) is 25.7. The molecule has 0 aliphatic rings. The molecule has 182 valence electrons. The molecule has 0 radical (unpaired) electrons. The summed E-state index contributed by atoms with van der Waals surface area (Å²) < 4.78 is 222. The molecule has 2 nitrogen and oxygen atoms in total. The fourth-order valence-electron chi connectivity index (χ4n) is 1.49. The predicted octanol–water partition coefficient (Wildman–Crippen LogP) is 5.17. The van der Waals surface area contributed by atoms with Crippen molar-refractivity contribution in [3.8, 4) is 12.3 Å². The summed E-state index contributed by atoms with van der Waals surface area (Å²) in [7, 11) is 0. The molecular formula is C12H3F17O2. The minimum atomic E-state index is -8.76. The van der Waals surface area contributed by atoms with Crippen LogP contribution in [-0.4, -0.2) is 60.2 Å². The zero-order valence-corrected chi connectivity index (χ0v) is 13.5. The van der Waals surface area contributed by atoms with Crippen LogP contribution in [-0.2, 0) is 9.53 Å². The molecule has 0 amide bonds. The maximum atomic E-state index is 13.3. The van der Waals surface area contributed by atoms with E-state index in [0.717, 1.165) is 5.92 Å². The van der Waals surface area contributed by atoms with Crippen LogP contribution in [0, 0.1) is 12.3 Å². The third-order valence-corrected chi connectivity index (χ3v) is 3.27. The second-order valence-electron chi connectivity index (χ2n) is 5.30. The Labute approximate surface area is 158 Å². The number of carbonyl (C=O) groups is 1. The SMILES string of the molecule is C#CCOC(=O)C(F)(F)C(F)(F)C(F)(F)C(F)(F)C(F)(F)C(F)(F)C(F)(F)C(F)(F)F. The molecule has 0 spiro atoms. The minimum Gasteiger partial charge on any atom is -0.448 e. The lowest BCUT2D eigenvalue weighted by molar-refractivity contribution is -0.460. The number of carbonyl (C=O) groups excluding carboxylic acids is 1. The highest BCUT2D eigenvalue weighted by Gasteiger charge is 2.95. The van der Waals surface area contributed by atoms with E-state index < -0.39 is 60.2 Å². The van der Waals surface area contributed by atoms with E-state index in [4.69, 9.17) is 0 Å². The van der Waals surface area contributed by atoms with Gasteiger partial charge in [0.2, 0.25) is 0 Å². The van der Waals surface area contributed by atoms with E-state index in [0.29, 0.717) is 0 Å². The van der Waals surface area contributed by atoms with Gasteiger partial charge in [-0.05, 0) is 0 Å². The number of hydrogen-bond donors (Lipinski definition) is 0. The fraction of sp³-hybridized carbons (Fsp3) is 0.750. The molecule has 0 aromatic heterocycles. The van der Waals surface area contributed by atoms with Gasteiger partial charge in [0.05, 0.1) is 0 Å². The average molecular weight is 502 g/mol. The Balaban J connectivity index is 6.70. The van der Waals surface area contributed by atoms with Crippen molar-refractivity contribution in [2.24, 2.45) is 0 Å². The molecular weight excluding hydrogens is 499 g/mol. The van der Waals surface area contributed by atoms with Crippen LogP contribution in [0.15, 0.2) is 0 Å². The topological polar surface area (TPSA) is 26.3 Å². The third-order valence-electron chi connectivity index (χ3n) is 3.27. The Kier molecular flexibility index (Phi) is 6.94. The van der Waals surface area contributed by atoms with Crippen LogP contribution in [0.4, 0.5) is 74.6 Å². The van der Waals surface area contributed by atoms with E-state index in [2.05, 4.69) is 11.2 Å². The summed E-state index contributed by atoms with van der Waals surface area (Å²) in [6.07, 6.45) is -3.54. The van der Waals surface area contributed by atoms with Crippen molar-refractivity contribution in [1.29, 1.82) is 0 Å². The highest BCUT2D eigenvalue weighted by Crippen LogP contribution is 2.63. The van der Waals surface area contributed by atoms with Crippen LogP contribution in [0.5, 0.6) is 0 Å². The largest absolute Gasteiger partial charge is 0.460 e. The highest BCUT2D eigenvalue weighted by atomic mass is 19.4. The van der Waals surface area contributed by atoms with E-state index in [9.17, 15) is 79.4 Å². The standard InChI is InChI=1S/C12H3F17O2/c1-2-3-31-4(30)5(13,14)6(15,16)7(17,18)8(19,20)9(21,22)10(23,24)11(25,26)12(27,28)29/h1H,3H2. The second kappa shape index (κ2) is 7.46. The molecule has 0 aliphatic carbocycles. The molecule has 0 heterocycles. The Morgan fingerprint density at radius 3 is 1.16 bits per heavy atom. The first-order valence-corrected chi connectivity index (χ1v) is 6.55. The van der Waals surface area contributed by atoms with Crippen LogP contribution in [0.3, 0.4) is 0 Å². The maximum Gasteiger partial charge on any atom is 0.460 e. The Hall–Kier alpha value is -2.16. The van der Waals surface area contributed by atoms with E-state index in [-0.39, 0.29) is 0 Å². The van der Waals surface area contributed by atoms with E-state index in [1.807, 2.05) is 0 Å². The highest BCUT2D eigenvalue weighted by molar-refractivity contribution is 5.79. The molecule has 0 rings (SSSR count). The van der Waals surface area contributed by atoms with E-state index in [1.165, 1.54) is 0 Å². The molecule has 0 aromatic carbocycles. The summed E-state index contributed by atoms with van der Waals surface area (Å²) in [5.41, 5.74) is 0. The van der Waals surface area contributed by atoms with Gasteiger partial charge in [0.1, 0.15) is 0 Å². The van der Waals surface area contributed by atoms with E-state index in [1.54, 1.807) is 0 Å². The van der Waals surface area contributed by atoms with Gasteiger partial charge in [-0.3, -0.25) is 0 Å². The lowest BCUT2D eigenvalue weighted by Gasteiger charge is -2.42. The molecule has 0 saturated heterocycles. The van der Waals surface area contributed by atoms with Crippen LogP contribution in [0.25, 0.3) is 0 Å². The second-order valence-corrected chi connectivity index (χ2v) is 5.30. The number of alkyl halides is 17. The summed E-state index contributed by atoms with van der Waals surface area (Å²) in [5.74, 6) is -61.1. The van der Waals surface area contributed by atoms with Gasteiger partial charge in [0.15, 0.2) is 6.61 Å². The van der Waals surface area contributed by atoms with Crippen molar-refractivity contribution in [2.75, 3.05) is 6.61 Å². The summed E-state index contributed by atoms with van der Waals surface area (Å²) in [4.78, 5) is 10.7. The van der Waals surface area contributed by atoms with E-state index >= 15 is 0 Å². The maximum absolute atomic E-state index is 13.3. The first-order chi connectivity index (χ1) is 13.2. The Morgan fingerprint density at radius 1 is 0.581 bits per heavy atom. The lowest BCUT2D eigenvalue weighted by atomic mass is 9.89. The molecule has 0 unspecified atom stereocenters. The average Bonchev–Trinajstić information content (AvgIpc) is 2.57. The molecule has 31 heavy (non-hydrogen) atoms. The molecule has 0 aliphatic heterocycles. The molecule has 0 fully saturated rings. The van der Waals surface area contributed by atoms with Gasteiger partial charge in [-0.2, -0.15) is 74.6 Å². The van der Waals surface area contributed by atoms with Crippen molar-refractivity contribution >= 4 is 5.97 Å². The number of terminal acetylenes is 1. The molecule has 0 saturated carbocycles. The monoisotopic (exact) mass is 502 g/mol. The van der Waals surface area contributed by atoms with Crippen molar-refractivity contribution in [3.63, 3.8) is 0 Å². The zero-order valence-electron chi connectivity index (χ0n) is 13.5. The fourth-order valence-corrected chi connectivity index (χ4v) is 1.49. The summed E-state index contributed by atoms with van der Waals surface area (Å²) in [6.45, 7) is -1.72. The van der Waals surface area contributed by atoms with Gasteiger partial charge in [-0.15, -0.1) is 6.42 Å². The molecule has 0 N–H and O–H groups in total. The number of halogens is 17. The van der Waals surface area contributed by atoms with Crippen molar-refractivity contribution < 1.29 is 84.2 Å². The van der Waals surface area contributed by atoms with Crippen LogP contribution in [0.2, 0.25) is 0 Å². The van der Waals surface area contributed by atoms with Crippen molar-refractivity contribution in [2.45, 2.75) is 47.6 Å². The quantitative estimate of drug-likeness (QED) is 0.260. The first-order valence-electron chi connectivity index (χ1n) is 6.55. The summed E-state index contributed by atoms with van der Waals surface area (Å²) >= 11 is 0. The number of esters is 1. The van der Waals surface area contributed by atoms with Crippen LogP contribution >= 0.6 is 0 Å². The van der Waals surface area contributed by atoms with Gasteiger partial charge < -0.3 is 4.74 Å². The molecule has 0 atom stereocenters. The Bertz CT molecular complexity index is 726. The van der Waals surface area contributed by atoms with Gasteiger partial charge in [0, 0.05) is 0 Å². The first kappa shape index (κ1) is 28.8. The van der Waals surface area contributed by atoms with Gasteiger partial charge >= 0.3 is 53.6 Å². The number of hydrogen-bond acceptors (Lipinski definition) is 2. The normalized spacial score (nSPS) is 15.5. The van der Waals surface area contributed by atoms with Crippen molar-refractivity contribution in [3.05, 3.63) is 0 Å². The molecule has 19 heteroatoms. The van der Waals surface area contributed by atoms with Gasteiger partial charge in [0.25, 0.3) is 0 Å². The smallest absolute Gasteiger partial charge is 0.448 e. The molecule has 0 aromatic rings. The lowest BCUT2D eigenvalue weighted by Crippen LogP contribution is -2.75. The molecule has 0 bridgehead atoms. The Morgan fingerprint density at radius 2 is 0.871 bits per heavy atom. The van der Waals surface area contributed by atoms with Gasteiger partial charge in [-0.1, -0.05) is 5.92 Å². The van der Waals surface area contributed by atoms with Gasteiger partial charge in [-0.25, -0.2) is 4.79 Å². The van der Waals surface area contributed by atoms with Crippen LogP contribution < -0.4 is 0 Å². The van der Waals surface area contributed by atoms with Crippen LogP contribution in [0.1, 0.15) is 0 Å². The number of rotatable bonds is 8. The summed E-state index contributed by atoms with van der Waals surface area (Å²) in [5, 5.41) is 0. The number of ether oxygens (including phenoxy) is 1. The predicted molar refractivity (Wildman–Crippen MR) is 60.5 cm³/mol.